The van der Waals surface area contributed by atoms with Crippen LogP contribution in [-0.2, 0) is 4.79 Å². The average Bonchev–Trinajstić information content (AvgIpc) is 2.77. The van der Waals surface area contributed by atoms with E-state index in [9.17, 15) is 9.59 Å². The Morgan fingerprint density at radius 2 is 2.00 bits per heavy atom. The van der Waals surface area contributed by atoms with E-state index in [-0.39, 0.29) is 24.2 Å². The summed E-state index contributed by atoms with van der Waals surface area (Å²) in [4.78, 5) is 30.0. The van der Waals surface area contributed by atoms with Crippen molar-refractivity contribution in [3.8, 4) is 0 Å². The minimum absolute atomic E-state index is 0.135. The third kappa shape index (κ3) is 3.60. The van der Waals surface area contributed by atoms with Crippen molar-refractivity contribution in [1.82, 2.24) is 15.6 Å². The lowest BCUT2D eigenvalue weighted by molar-refractivity contribution is -0.128. The fourth-order valence-corrected chi connectivity index (χ4v) is 2.30. The van der Waals surface area contributed by atoms with Crippen LogP contribution < -0.4 is 21.3 Å². The first kappa shape index (κ1) is 16.2. The number of nitrogen functional groups attached to an aromatic ring is 1. The van der Waals surface area contributed by atoms with E-state index in [0.717, 1.165) is 0 Å². The molecule has 0 atom stereocenters. The lowest BCUT2D eigenvalue weighted by Crippen LogP contribution is -2.43. The van der Waals surface area contributed by atoms with E-state index in [1.165, 1.54) is 11.3 Å². The third-order valence-electron chi connectivity index (χ3n) is 2.76. The summed E-state index contributed by atoms with van der Waals surface area (Å²) in [6, 6.07) is 0. The van der Waals surface area contributed by atoms with Gasteiger partial charge in [-0.1, -0.05) is 11.3 Å². The van der Waals surface area contributed by atoms with Crippen molar-refractivity contribution in [2.24, 2.45) is 5.41 Å². The third-order valence-corrected chi connectivity index (χ3v) is 4.00. The number of carbonyl (C=O) groups is 2. The number of nitrogens with zero attached hydrogens (tertiary/aromatic N) is 2. The number of rotatable bonds is 5. The number of aromatic nitrogens is 1. The molecule has 1 rings (SSSR count). The summed E-state index contributed by atoms with van der Waals surface area (Å²) in [5.41, 5.74) is 5.05. The molecule has 112 valence electrons. The van der Waals surface area contributed by atoms with Gasteiger partial charge in [0, 0.05) is 27.7 Å². The van der Waals surface area contributed by atoms with Gasteiger partial charge >= 0.3 is 0 Å². The van der Waals surface area contributed by atoms with Gasteiger partial charge in [0.1, 0.15) is 10.7 Å². The van der Waals surface area contributed by atoms with Crippen molar-refractivity contribution in [2.45, 2.75) is 13.8 Å². The summed E-state index contributed by atoms with van der Waals surface area (Å²) >= 11 is 1.22. The molecule has 0 aliphatic heterocycles. The molecule has 0 saturated carbocycles. The van der Waals surface area contributed by atoms with Crippen molar-refractivity contribution >= 4 is 34.1 Å². The van der Waals surface area contributed by atoms with Crippen LogP contribution in [0.1, 0.15) is 23.5 Å². The first-order chi connectivity index (χ1) is 9.19. The van der Waals surface area contributed by atoms with Gasteiger partial charge in [-0.15, -0.1) is 0 Å². The molecule has 0 unspecified atom stereocenters. The predicted octanol–water partition coefficient (Wildman–Crippen LogP) is 0.293. The Morgan fingerprint density at radius 1 is 1.40 bits per heavy atom. The van der Waals surface area contributed by atoms with Crippen LogP contribution in [-0.4, -0.2) is 44.5 Å². The first-order valence-corrected chi connectivity index (χ1v) is 6.94. The van der Waals surface area contributed by atoms with Crippen LogP contribution in [0.4, 0.5) is 10.9 Å². The zero-order chi connectivity index (χ0) is 15.5. The lowest BCUT2D eigenvalue weighted by atomic mass is 9.92. The number of carbonyl (C=O) groups excluding carboxylic acids is 2. The largest absolute Gasteiger partial charge is 0.382 e. The van der Waals surface area contributed by atoms with Gasteiger partial charge in [-0.05, 0) is 13.8 Å². The van der Waals surface area contributed by atoms with Gasteiger partial charge < -0.3 is 21.3 Å². The van der Waals surface area contributed by atoms with Crippen LogP contribution in [0.15, 0.2) is 0 Å². The minimum Gasteiger partial charge on any atom is -0.382 e. The van der Waals surface area contributed by atoms with E-state index in [1.807, 2.05) is 14.1 Å². The molecule has 0 spiro atoms. The van der Waals surface area contributed by atoms with Gasteiger partial charge in [0.15, 0.2) is 5.13 Å². The number of hydrogen-bond donors (Lipinski definition) is 3. The van der Waals surface area contributed by atoms with Crippen LogP contribution >= 0.6 is 11.3 Å². The zero-order valence-electron chi connectivity index (χ0n) is 12.4. The van der Waals surface area contributed by atoms with Crippen molar-refractivity contribution in [1.29, 1.82) is 0 Å². The number of nitrogens with two attached hydrogens (primary N) is 1. The van der Waals surface area contributed by atoms with Crippen molar-refractivity contribution in [2.75, 3.05) is 38.3 Å². The van der Waals surface area contributed by atoms with Crippen LogP contribution in [0.3, 0.4) is 0 Å². The zero-order valence-corrected chi connectivity index (χ0v) is 13.2. The predicted molar refractivity (Wildman–Crippen MR) is 81.0 cm³/mol. The Kier molecular flexibility index (Phi) is 4.93. The fraction of sp³-hybridized carbons (Fsp3) is 0.583. The first-order valence-electron chi connectivity index (χ1n) is 6.13. The Morgan fingerprint density at radius 3 is 2.45 bits per heavy atom. The van der Waals surface area contributed by atoms with Gasteiger partial charge in [-0.3, -0.25) is 9.59 Å². The SMILES string of the molecule is CNC(=O)C(C)(C)CNC(=O)c1sc(N(C)C)nc1N. The van der Waals surface area contributed by atoms with E-state index in [4.69, 9.17) is 5.73 Å². The molecule has 7 nitrogen and oxygen atoms in total. The molecule has 0 aliphatic rings. The molecule has 0 radical (unpaired) electrons. The molecule has 8 heteroatoms. The second-order valence-electron chi connectivity index (χ2n) is 5.25. The monoisotopic (exact) mass is 299 g/mol. The maximum atomic E-state index is 12.1. The van der Waals surface area contributed by atoms with E-state index in [2.05, 4.69) is 15.6 Å². The van der Waals surface area contributed by atoms with E-state index in [0.29, 0.717) is 10.0 Å². The molecule has 0 saturated heterocycles. The average molecular weight is 299 g/mol. The summed E-state index contributed by atoms with van der Waals surface area (Å²) in [6.45, 7) is 3.74. The Labute approximate surface area is 122 Å². The molecule has 2 amide bonds. The van der Waals surface area contributed by atoms with E-state index < -0.39 is 5.41 Å². The van der Waals surface area contributed by atoms with Gasteiger partial charge in [-0.25, -0.2) is 4.98 Å². The maximum Gasteiger partial charge on any atom is 0.265 e. The molecule has 1 aromatic rings. The molecule has 1 aromatic heterocycles. The second kappa shape index (κ2) is 6.08. The molecular formula is C12H21N5O2S. The Bertz CT molecular complexity index is 510. The second-order valence-corrected chi connectivity index (χ2v) is 6.23. The molecule has 0 aromatic carbocycles. The number of amides is 2. The summed E-state index contributed by atoms with van der Waals surface area (Å²) in [5.74, 6) is -0.247. The summed E-state index contributed by atoms with van der Waals surface area (Å²) in [6.07, 6.45) is 0. The molecular weight excluding hydrogens is 278 g/mol. The maximum absolute atomic E-state index is 12.1. The molecule has 4 N–H and O–H groups in total. The molecule has 1 heterocycles. The molecule has 0 bridgehead atoms. The highest BCUT2D eigenvalue weighted by molar-refractivity contribution is 7.18. The van der Waals surface area contributed by atoms with E-state index >= 15 is 0 Å². The Balaban J connectivity index is 2.75. The van der Waals surface area contributed by atoms with Gasteiger partial charge in [0.05, 0.1) is 5.41 Å². The highest BCUT2D eigenvalue weighted by Crippen LogP contribution is 2.26. The van der Waals surface area contributed by atoms with Crippen molar-refractivity contribution in [3.63, 3.8) is 0 Å². The number of hydrogen-bond acceptors (Lipinski definition) is 6. The number of nitrogens with one attached hydrogen (secondary N) is 2. The summed E-state index contributed by atoms with van der Waals surface area (Å²) in [7, 11) is 5.22. The van der Waals surface area contributed by atoms with Gasteiger partial charge in [0.25, 0.3) is 5.91 Å². The van der Waals surface area contributed by atoms with Crippen LogP contribution in [0.25, 0.3) is 0 Å². The number of thiazole rings is 1. The quantitative estimate of drug-likeness (QED) is 0.726. The van der Waals surface area contributed by atoms with Crippen molar-refractivity contribution < 1.29 is 9.59 Å². The van der Waals surface area contributed by atoms with Gasteiger partial charge in [0.2, 0.25) is 5.91 Å². The fourth-order valence-electron chi connectivity index (χ4n) is 1.47. The van der Waals surface area contributed by atoms with E-state index in [1.54, 1.807) is 25.8 Å². The standard InChI is InChI=1S/C12H21N5O2S/c1-12(2,10(19)14-3)6-15-9(18)7-8(13)16-11(20-7)17(4)5/h6,13H2,1-5H3,(H,14,19)(H,15,18). The number of anilines is 2. The molecule has 0 aliphatic carbocycles. The molecule has 0 fully saturated rings. The van der Waals surface area contributed by atoms with Crippen LogP contribution in [0.5, 0.6) is 0 Å². The topological polar surface area (TPSA) is 100 Å². The smallest absolute Gasteiger partial charge is 0.265 e. The summed E-state index contributed by atoms with van der Waals surface area (Å²) < 4.78 is 0. The lowest BCUT2D eigenvalue weighted by Gasteiger charge is -2.22. The van der Waals surface area contributed by atoms with Crippen LogP contribution in [0.2, 0.25) is 0 Å². The highest BCUT2D eigenvalue weighted by Gasteiger charge is 2.28. The van der Waals surface area contributed by atoms with Crippen molar-refractivity contribution in [3.05, 3.63) is 4.88 Å². The highest BCUT2D eigenvalue weighted by atomic mass is 32.1. The van der Waals surface area contributed by atoms with Gasteiger partial charge in [-0.2, -0.15) is 0 Å². The van der Waals surface area contributed by atoms with Crippen LogP contribution in [0, 0.1) is 5.41 Å². The Hall–Kier alpha value is -1.83. The summed E-state index contributed by atoms with van der Waals surface area (Å²) in [5, 5.41) is 5.95. The molecule has 20 heavy (non-hydrogen) atoms. The minimum atomic E-state index is -0.686. The normalized spacial score (nSPS) is 11.1.